The molecule has 0 saturated carbocycles. The van der Waals surface area contributed by atoms with Gasteiger partial charge in [-0.1, -0.05) is 0 Å². The molecule has 0 spiro atoms. The van der Waals surface area contributed by atoms with Crippen LogP contribution >= 0.6 is 15.9 Å². The number of anilines is 1. The number of imide groups is 1. The molecular weight excluding hydrogens is 334 g/mol. The average molecular weight is 346 g/mol. The lowest BCUT2D eigenvalue weighted by Gasteiger charge is -2.31. The van der Waals surface area contributed by atoms with Gasteiger partial charge in [0.25, 0.3) is 0 Å². The van der Waals surface area contributed by atoms with Gasteiger partial charge in [0.15, 0.2) is 0 Å². The fraction of sp³-hybridized carbons (Fsp3) is 0.267. The van der Waals surface area contributed by atoms with Gasteiger partial charge in [0, 0.05) is 34.7 Å². The van der Waals surface area contributed by atoms with Gasteiger partial charge in [0.05, 0.1) is 5.52 Å². The van der Waals surface area contributed by atoms with Crippen molar-refractivity contribution >= 4 is 44.3 Å². The summed E-state index contributed by atoms with van der Waals surface area (Å²) in [6, 6.07) is 5.66. The van der Waals surface area contributed by atoms with Crippen LogP contribution in [-0.4, -0.2) is 22.8 Å². The van der Waals surface area contributed by atoms with E-state index in [2.05, 4.69) is 31.1 Å². The molecular formula is C15H12BrN3O2. The largest absolute Gasteiger partial charge is 0.355 e. The van der Waals surface area contributed by atoms with E-state index >= 15 is 0 Å². The molecule has 0 bridgehead atoms. The Labute approximate surface area is 129 Å². The van der Waals surface area contributed by atoms with E-state index in [1.165, 1.54) is 5.56 Å². The number of carbonyl (C=O) groups excluding carboxylic acids is 2. The fourth-order valence-corrected chi connectivity index (χ4v) is 3.61. The molecule has 0 radical (unpaired) electrons. The lowest BCUT2D eigenvalue weighted by Crippen LogP contribution is -2.51. The lowest BCUT2D eigenvalue weighted by atomic mass is 10.0. The van der Waals surface area contributed by atoms with Gasteiger partial charge in [-0.25, -0.2) is 0 Å². The van der Waals surface area contributed by atoms with Crippen molar-refractivity contribution in [2.24, 2.45) is 0 Å². The Morgan fingerprint density at radius 3 is 2.95 bits per heavy atom. The maximum atomic E-state index is 12.1. The first kappa shape index (κ1) is 12.8. The Hall–Kier alpha value is -1.95. The standard InChI is InChI=1S/C15H12BrN3O2/c16-9-1-2-10-13-8(5-6-17-14(9)13)7-19(10)11-3-4-12(20)18-15(11)21/h1-2,5-6,11H,3-4,7H2,(H,18,20,21). The minimum absolute atomic E-state index is 0.185. The van der Waals surface area contributed by atoms with E-state index in [0.717, 1.165) is 21.1 Å². The van der Waals surface area contributed by atoms with E-state index in [0.29, 0.717) is 19.4 Å². The molecule has 0 aliphatic carbocycles. The van der Waals surface area contributed by atoms with Crippen molar-refractivity contribution in [2.45, 2.75) is 25.4 Å². The molecule has 1 N–H and O–H groups in total. The van der Waals surface area contributed by atoms with Gasteiger partial charge in [0.2, 0.25) is 11.8 Å². The highest BCUT2D eigenvalue weighted by molar-refractivity contribution is 9.10. The number of aromatic nitrogens is 1. The monoisotopic (exact) mass is 345 g/mol. The molecule has 6 heteroatoms. The van der Waals surface area contributed by atoms with Crippen LogP contribution in [0.15, 0.2) is 28.9 Å². The predicted octanol–water partition coefficient (Wildman–Crippen LogP) is 2.12. The smallest absolute Gasteiger partial charge is 0.249 e. The molecule has 1 aromatic carbocycles. The van der Waals surface area contributed by atoms with E-state index in [1.807, 2.05) is 18.2 Å². The number of hydrogen-bond donors (Lipinski definition) is 1. The van der Waals surface area contributed by atoms with E-state index < -0.39 is 0 Å². The summed E-state index contributed by atoms with van der Waals surface area (Å²) in [5.41, 5.74) is 3.10. The van der Waals surface area contributed by atoms with Crippen molar-refractivity contribution in [1.29, 1.82) is 0 Å². The maximum Gasteiger partial charge on any atom is 0.249 e. The highest BCUT2D eigenvalue weighted by Gasteiger charge is 2.35. The number of rotatable bonds is 1. The maximum absolute atomic E-state index is 12.1. The van der Waals surface area contributed by atoms with Crippen LogP contribution in [0.5, 0.6) is 0 Å². The van der Waals surface area contributed by atoms with Gasteiger partial charge < -0.3 is 4.90 Å². The molecule has 21 heavy (non-hydrogen) atoms. The summed E-state index contributed by atoms with van der Waals surface area (Å²) in [5.74, 6) is -0.390. The van der Waals surface area contributed by atoms with Crippen LogP contribution in [0.1, 0.15) is 18.4 Å². The van der Waals surface area contributed by atoms with E-state index in [1.54, 1.807) is 6.20 Å². The average Bonchev–Trinajstić information content (AvgIpc) is 2.83. The van der Waals surface area contributed by atoms with Crippen LogP contribution in [0.3, 0.4) is 0 Å². The van der Waals surface area contributed by atoms with Gasteiger partial charge in [0.1, 0.15) is 6.04 Å². The van der Waals surface area contributed by atoms with Gasteiger partial charge >= 0.3 is 0 Å². The van der Waals surface area contributed by atoms with Gasteiger partial charge in [-0.15, -0.1) is 0 Å². The molecule has 2 amide bonds. The molecule has 2 aliphatic heterocycles. The third kappa shape index (κ3) is 1.86. The normalized spacial score (nSPS) is 21.0. The van der Waals surface area contributed by atoms with Crippen LogP contribution in [-0.2, 0) is 16.1 Å². The molecule has 2 aromatic rings. The molecule has 1 atom stereocenters. The number of halogens is 1. The zero-order valence-electron chi connectivity index (χ0n) is 11.1. The summed E-state index contributed by atoms with van der Waals surface area (Å²) >= 11 is 3.52. The Bertz CT molecular complexity index is 790. The van der Waals surface area contributed by atoms with E-state index in [4.69, 9.17) is 0 Å². The second kappa shape index (κ2) is 4.53. The zero-order chi connectivity index (χ0) is 14.6. The second-order valence-corrected chi connectivity index (χ2v) is 6.21. The highest BCUT2D eigenvalue weighted by atomic mass is 79.9. The van der Waals surface area contributed by atoms with Crippen molar-refractivity contribution < 1.29 is 9.59 Å². The fourth-order valence-electron chi connectivity index (χ4n) is 3.18. The number of nitrogens with one attached hydrogen (secondary N) is 1. The first-order chi connectivity index (χ1) is 10.1. The van der Waals surface area contributed by atoms with E-state index in [-0.39, 0.29) is 17.9 Å². The third-order valence-corrected chi connectivity index (χ3v) is 4.78. The van der Waals surface area contributed by atoms with Crippen LogP contribution in [0.2, 0.25) is 0 Å². The minimum atomic E-state index is -0.292. The quantitative estimate of drug-likeness (QED) is 0.804. The van der Waals surface area contributed by atoms with Crippen molar-refractivity contribution in [3.63, 3.8) is 0 Å². The molecule has 2 aliphatic rings. The Balaban J connectivity index is 1.81. The number of nitrogens with zero attached hydrogens (tertiary/aromatic N) is 2. The SMILES string of the molecule is O=C1CCC(N2Cc3ccnc4c(Br)ccc2c34)C(=O)N1. The van der Waals surface area contributed by atoms with Gasteiger partial charge in [-0.2, -0.15) is 0 Å². The second-order valence-electron chi connectivity index (χ2n) is 5.35. The number of hydrogen-bond acceptors (Lipinski definition) is 4. The van der Waals surface area contributed by atoms with Gasteiger partial charge in [-0.05, 0) is 46.1 Å². The molecule has 1 fully saturated rings. The topological polar surface area (TPSA) is 62.3 Å². The highest BCUT2D eigenvalue weighted by Crippen LogP contribution is 2.41. The Morgan fingerprint density at radius 1 is 1.29 bits per heavy atom. The summed E-state index contributed by atoms with van der Waals surface area (Å²) in [5, 5.41) is 3.53. The molecule has 1 saturated heterocycles. The minimum Gasteiger partial charge on any atom is -0.355 e. The Kier molecular flexibility index (Phi) is 2.75. The predicted molar refractivity (Wildman–Crippen MR) is 81.8 cm³/mol. The van der Waals surface area contributed by atoms with Crippen LogP contribution < -0.4 is 10.2 Å². The summed E-state index contributed by atoms with van der Waals surface area (Å²) in [4.78, 5) is 30.0. The van der Waals surface area contributed by atoms with Crippen molar-refractivity contribution in [2.75, 3.05) is 4.90 Å². The molecule has 106 valence electrons. The van der Waals surface area contributed by atoms with Crippen molar-refractivity contribution in [3.05, 3.63) is 34.4 Å². The van der Waals surface area contributed by atoms with Crippen LogP contribution in [0.4, 0.5) is 5.69 Å². The van der Waals surface area contributed by atoms with E-state index in [9.17, 15) is 9.59 Å². The van der Waals surface area contributed by atoms with Crippen LogP contribution in [0, 0.1) is 0 Å². The summed E-state index contributed by atoms with van der Waals surface area (Å²) in [6.45, 7) is 0.678. The summed E-state index contributed by atoms with van der Waals surface area (Å²) in [6.07, 6.45) is 2.74. The number of piperidine rings is 1. The summed E-state index contributed by atoms with van der Waals surface area (Å²) < 4.78 is 0.952. The number of benzene rings is 1. The van der Waals surface area contributed by atoms with Crippen molar-refractivity contribution in [3.8, 4) is 0 Å². The Morgan fingerprint density at radius 2 is 2.14 bits per heavy atom. The zero-order valence-corrected chi connectivity index (χ0v) is 12.7. The molecule has 1 aromatic heterocycles. The molecule has 1 unspecified atom stereocenters. The number of carbonyl (C=O) groups is 2. The first-order valence-electron chi connectivity index (χ1n) is 6.81. The lowest BCUT2D eigenvalue weighted by molar-refractivity contribution is -0.134. The summed E-state index contributed by atoms with van der Waals surface area (Å²) in [7, 11) is 0. The number of amides is 2. The van der Waals surface area contributed by atoms with Crippen LogP contribution in [0.25, 0.3) is 10.9 Å². The third-order valence-electron chi connectivity index (χ3n) is 4.14. The first-order valence-corrected chi connectivity index (χ1v) is 7.61. The van der Waals surface area contributed by atoms with Gasteiger partial charge in [-0.3, -0.25) is 19.9 Å². The molecule has 5 nitrogen and oxygen atoms in total. The number of pyridine rings is 1. The molecule has 4 rings (SSSR count). The molecule has 3 heterocycles. The van der Waals surface area contributed by atoms with Crippen molar-refractivity contribution in [1.82, 2.24) is 10.3 Å².